The van der Waals surface area contributed by atoms with Crippen LogP contribution in [0.25, 0.3) is 0 Å². The second kappa shape index (κ2) is 9.28. The highest BCUT2D eigenvalue weighted by Gasteiger charge is 2.28. The number of likely N-dealkylation sites (tertiary alicyclic amines) is 1. The fraction of sp³-hybridized carbons (Fsp3) is 0.619. The van der Waals surface area contributed by atoms with Gasteiger partial charge in [-0.25, -0.2) is 0 Å². The number of hydrogen-bond donors (Lipinski definition) is 3. The average Bonchev–Trinajstić information content (AvgIpc) is 3.32. The third-order valence-electron chi connectivity index (χ3n) is 5.52. The Morgan fingerprint density at radius 3 is 2.64 bits per heavy atom. The minimum atomic E-state index is -0.312. The smallest absolute Gasteiger partial charge is 0.253 e. The minimum absolute atomic E-state index is 0.0421. The SMILES string of the molecule is CC(C)NC(=O)CNC(=O)c1cc(N2CCC[C@H]2CN2CCCC2)ccc1N. The largest absolute Gasteiger partial charge is 0.398 e. The predicted octanol–water partition coefficient (Wildman–Crippen LogP) is 1.59. The molecule has 0 aliphatic carbocycles. The summed E-state index contributed by atoms with van der Waals surface area (Å²) in [5.41, 5.74) is 7.95. The van der Waals surface area contributed by atoms with Crippen LogP contribution in [-0.4, -0.2) is 61.5 Å². The van der Waals surface area contributed by atoms with Crippen LogP contribution in [-0.2, 0) is 4.79 Å². The van der Waals surface area contributed by atoms with Gasteiger partial charge in [-0.15, -0.1) is 0 Å². The van der Waals surface area contributed by atoms with Gasteiger partial charge < -0.3 is 26.2 Å². The van der Waals surface area contributed by atoms with Crippen molar-refractivity contribution in [2.75, 3.05) is 43.4 Å². The molecule has 1 aromatic carbocycles. The maximum absolute atomic E-state index is 12.6. The fourth-order valence-electron chi connectivity index (χ4n) is 4.18. The number of nitrogens with two attached hydrogens (primary N) is 1. The van der Waals surface area contributed by atoms with Crippen molar-refractivity contribution < 1.29 is 9.59 Å². The summed E-state index contributed by atoms with van der Waals surface area (Å²) < 4.78 is 0. The summed E-state index contributed by atoms with van der Waals surface area (Å²) in [6.45, 7) is 8.19. The average molecular weight is 388 g/mol. The van der Waals surface area contributed by atoms with Crippen LogP contribution in [0.15, 0.2) is 18.2 Å². The number of nitrogens with one attached hydrogen (secondary N) is 2. The molecule has 3 rings (SSSR count). The predicted molar refractivity (Wildman–Crippen MR) is 113 cm³/mol. The molecule has 0 bridgehead atoms. The normalized spacial score (nSPS) is 20.0. The maximum atomic E-state index is 12.6. The zero-order chi connectivity index (χ0) is 20.1. The van der Waals surface area contributed by atoms with E-state index in [1.54, 1.807) is 6.07 Å². The first-order valence-electron chi connectivity index (χ1n) is 10.4. The van der Waals surface area contributed by atoms with E-state index in [9.17, 15) is 9.59 Å². The zero-order valence-corrected chi connectivity index (χ0v) is 17.0. The van der Waals surface area contributed by atoms with E-state index in [4.69, 9.17) is 5.73 Å². The maximum Gasteiger partial charge on any atom is 0.253 e. The number of nitrogens with zero attached hydrogens (tertiary/aromatic N) is 2. The summed E-state index contributed by atoms with van der Waals surface area (Å²) in [6.07, 6.45) is 4.93. The van der Waals surface area contributed by atoms with Gasteiger partial charge in [0.2, 0.25) is 5.91 Å². The lowest BCUT2D eigenvalue weighted by Gasteiger charge is -2.30. The second-order valence-electron chi connectivity index (χ2n) is 8.17. The minimum Gasteiger partial charge on any atom is -0.398 e. The molecular formula is C21H33N5O2. The molecule has 0 spiro atoms. The van der Waals surface area contributed by atoms with Crippen molar-refractivity contribution in [3.8, 4) is 0 Å². The molecule has 0 aromatic heterocycles. The van der Waals surface area contributed by atoms with Crippen LogP contribution >= 0.6 is 0 Å². The van der Waals surface area contributed by atoms with Gasteiger partial charge in [0.25, 0.3) is 5.91 Å². The molecule has 2 heterocycles. The second-order valence-corrected chi connectivity index (χ2v) is 8.17. The number of anilines is 2. The molecule has 0 unspecified atom stereocenters. The number of carbonyl (C=O) groups is 2. The van der Waals surface area contributed by atoms with E-state index in [-0.39, 0.29) is 24.4 Å². The van der Waals surface area contributed by atoms with Gasteiger partial charge >= 0.3 is 0 Å². The number of benzene rings is 1. The van der Waals surface area contributed by atoms with Crippen LogP contribution in [0.5, 0.6) is 0 Å². The molecule has 28 heavy (non-hydrogen) atoms. The molecule has 0 radical (unpaired) electrons. The lowest BCUT2D eigenvalue weighted by Crippen LogP contribution is -2.40. The van der Waals surface area contributed by atoms with Gasteiger partial charge in [-0.1, -0.05) is 0 Å². The Bertz CT molecular complexity index is 700. The fourth-order valence-corrected chi connectivity index (χ4v) is 4.18. The zero-order valence-electron chi connectivity index (χ0n) is 17.0. The molecule has 2 fully saturated rings. The molecule has 154 valence electrons. The van der Waals surface area contributed by atoms with E-state index in [1.807, 2.05) is 26.0 Å². The van der Waals surface area contributed by atoms with Gasteiger partial charge in [0.15, 0.2) is 0 Å². The van der Waals surface area contributed by atoms with Gasteiger partial charge in [-0.3, -0.25) is 9.59 Å². The van der Waals surface area contributed by atoms with E-state index in [2.05, 4.69) is 20.4 Å². The van der Waals surface area contributed by atoms with Gasteiger partial charge in [-0.2, -0.15) is 0 Å². The molecular weight excluding hydrogens is 354 g/mol. The summed E-state index contributed by atoms with van der Waals surface area (Å²) in [4.78, 5) is 29.3. The van der Waals surface area contributed by atoms with Crippen LogP contribution in [0.2, 0.25) is 0 Å². The van der Waals surface area contributed by atoms with Gasteiger partial charge in [0.1, 0.15) is 0 Å². The Morgan fingerprint density at radius 1 is 1.18 bits per heavy atom. The molecule has 2 amide bonds. The number of nitrogen functional groups attached to an aromatic ring is 1. The van der Waals surface area contributed by atoms with Crippen molar-refractivity contribution in [1.29, 1.82) is 0 Å². The van der Waals surface area contributed by atoms with Crippen LogP contribution in [0.1, 0.15) is 49.9 Å². The monoisotopic (exact) mass is 387 g/mol. The quantitative estimate of drug-likeness (QED) is 0.618. The Hall–Kier alpha value is -2.28. The van der Waals surface area contributed by atoms with E-state index in [0.717, 1.165) is 18.8 Å². The first-order chi connectivity index (χ1) is 13.4. The number of carbonyl (C=O) groups excluding carboxylic acids is 2. The van der Waals surface area contributed by atoms with E-state index in [1.165, 1.54) is 38.8 Å². The highest BCUT2D eigenvalue weighted by molar-refractivity contribution is 6.01. The first-order valence-corrected chi connectivity index (χ1v) is 10.4. The molecule has 1 aromatic rings. The van der Waals surface area contributed by atoms with E-state index in [0.29, 0.717) is 17.3 Å². The molecule has 1 atom stereocenters. The standard InChI is InChI=1S/C21H33N5O2/c1-15(2)24-20(27)13-23-21(28)18-12-16(7-8-19(18)22)26-11-5-6-17(26)14-25-9-3-4-10-25/h7-8,12,15,17H,3-6,9-11,13-14,22H2,1-2H3,(H,23,28)(H,24,27)/t17-/m0/s1. The van der Waals surface area contributed by atoms with Crippen molar-refractivity contribution in [2.24, 2.45) is 0 Å². The Morgan fingerprint density at radius 2 is 1.93 bits per heavy atom. The summed E-state index contributed by atoms with van der Waals surface area (Å²) in [5.74, 6) is -0.517. The molecule has 7 heteroatoms. The summed E-state index contributed by atoms with van der Waals surface area (Å²) >= 11 is 0. The molecule has 4 N–H and O–H groups in total. The molecule has 0 saturated carbocycles. The molecule has 2 aliphatic heterocycles. The van der Waals surface area contributed by atoms with E-state index < -0.39 is 0 Å². The van der Waals surface area contributed by atoms with Gasteiger partial charge in [0.05, 0.1) is 12.1 Å². The third-order valence-corrected chi connectivity index (χ3v) is 5.52. The van der Waals surface area contributed by atoms with Gasteiger partial charge in [0, 0.05) is 36.5 Å². The van der Waals surface area contributed by atoms with Crippen molar-refractivity contribution >= 4 is 23.2 Å². The molecule has 2 aliphatic rings. The van der Waals surface area contributed by atoms with Crippen molar-refractivity contribution in [3.05, 3.63) is 23.8 Å². The first kappa shape index (κ1) is 20.5. The van der Waals surface area contributed by atoms with Crippen molar-refractivity contribution in [1.82, 2.24) is 15.5 Å². The third kappa shape index (κ3) is 5.16. The number of hydrogen-bond acceptors (Lipinski definition) is 5. The highest BCUT2D eigenvalue weighted by atomic mass is 16.2. The van der Waals surface area contributed by atoms with Crippen LogP contribution < -0.4 is 21.3 Å². The number of amides is 2. The number of rotatable bonds is 7. The summed E-state index contributed by atoms with van der Waals surface area (Å²) in [6, 6.07) is 6.19. The summed E-state index contributed by atoms with van der Waals surface area (Å²) in [5, 5.41) is 5.44. The lowest BCUT2D eigenvalue weighted by molar-refractivity contribution is -0.120. The van der Waals surface area contributed by atoms with E-state index >= 15 is 0 Å². The Kier molecular flexibility index (Phi) is 6.78. The molecule has 2 saturated heterocycles. The Labute approximate surface area is 167 Å². The molecule has 7 nitrogen and oxygen atoms in total. The topological polar surface area (TPSA) is 90.7 Å². The van der Waals surface area contributed by atoms with Crippen molar-refractivity contribution in [3.63, 3.8) is 0 Å². The lowest BCUT2D eigenvalue weighted by atomic mass is 10.1. The summed E-state index contributed by atoms with van der Waals surface area (Å²) in [7, 11) is 0. The van der Waals surface area contributed by atoms with Crippen LogP contribution in [0.3, 0.4) is 0 Å². The van der Waals surface area contributed by atoms with Gasteiger partial charge in [-0.05, 0) is 70.8 Å². The van der Waals surface area contributed by atoms with Crippen LogP contribution in [0, 0.1) is 0 Å². The van der Waals surface area contributed by atoms with Crippen molar-refractivity contribution in [2.45, 2.75) is 51.6 Å². The van der Waals surface area contributed by atoms with Crippen LogP contribution in [0.4, 0.5) is 11.4 Å². The highest BCUT2D eigenvalue weighted by Crippen LogP contribution is 2.29. The Balaban J connectivity index is 1.66.